The van der Waals surface area contributed by atoms with Crippen LogP contribution in [0.2, 0.25) is 0 Å². The number of ether oxygens (including phenoxy) is 1. The van der Waals surface area contributed by atoms with Gasteiger partial charge in [0.2, 0.25) is 0 Å². The van der Waals surface area contributed by atoms with Gasteiger partial charge in [-0.05, 0) is 43.7 Å². The third-order valence-corrected chi connectivity index (χ3v) is 4.45. The van der Waals surface area contributed by atoms with Crippen LogP contribution in [0.5, 0.6) is 0 Å². The summed E-state index contributed by atoms with van der Waals surface area (Å²) in [5.41, 5.74) is 0. The van der Waals surface area contributed by atoms with Gasteiger partial charge in [-0.2, -0.15) is 4.40 Å². The molecule has 0 amide bonds. The Kier molecular flexibility index (Phi) is 6.01. The monoisotopic (exact) mass is 287 g/mol. The van der Waals surface area contributed by atoms with Crippen LogP contribution in [-0.2, 0) is 4.74 Å². The van der Waals surface area contributed by atoms with Crippen LogP contribution in [0.3, 0.4) is 0 Å². The Morgan fingerprint density at radius 1 is 1.30 bits per heavy atom. The molecule has 1 aromatic carbocycles. The van der Waals surface area contributed by atoms with Gasteiger partial charge in [-0.25, -0.2) is 0 Å². The van der Waals surface area contributed by atoms with E-state index >= 15 is 0 Å². The molecule has 3 heteroatoms. The molecule has 0 heterocycles. The van der Waals surface area contributed by atoms with Crippen molar-refractivity contribution in [3.63, 3.8) is 0 Å². The average molecular weight is 287 g/mol. The van der Waals surface area contributed by atoms with Crippen molar-refractivity contribution < 1.29 is 4.74 Å². The highest BCUT2D eigenvalue weighted by atomic mass is 32.2. The van der Waals surface area contributed by atoms with E-state index in [9.17, 15) is 0 Å². The Bertz CT molecular complexity index is 472. The third kappa shape index (κ3) is 4.61. The SMILES string of the molecule is C#CC(=NSc1ccccc1)OC(C)C1CCCCC1. The quantitative estimate of drug-likeness (QED) is 0.346. The van der Waals surface area contributed by atoms with Crippen molar-refractivity contribution in [2.24, 2.45) is 10.3 Å². The van der Waals surface area contributed by atoms with E-state index in [4.69, 9.17) is 11.2 Å². The summed E-state index contributed by atoms with van der Waals surface area (Å²) in [6.07, 6.45) is 12.1. The molecule has 0 aromatic heterocycles. The molecular formula is C17H21NOS. The summed E-state index contributed by atoms with van der Waals surface area (Å²) in [5.74, 6) is 3.56. The predicted molar refractivity (Wildman–Crippen MR) is 85.7 cm³/mol. The summed E-state index contributed by atoms with van der Waals surface area (Å²) in [5, 5.41) is 0. The first-order valence-corrected chi connectivity index (χ1v) is 8.00. The molecule has 1 unspecified atom stereocenters. The normalized spacial score (nSPS) is 18.3. The minimum atomic E-state index is 0.154. The Morgan fingerprint density at radius 3 is 2.65 bits per heavy atom. The van der Waals surface area contributed by atoms with Crippen molar-refractivity contribution in [2.45, 2.75) is 50.0 Å². The van der Waals surface area contributed by atoms with Crippen molar-refractivity contribution in [2.75, 3.05) is 0 Å². The summed E-state index contributed by atoms with van der Waals surface area (Å²) in [6.45, 7) is 2.11. The van der Waals surface area contributed by atoms with Crippen molar-refractivity contribution in [3.05, 3.63) is 30.3 Å². The first-order valence-electron chi connectivity index (χ1n) is 7.23. The maximum absolute atomic E-state index is 5.85. The van der Waals surface area contributed by atoms with Crippen LogP contribution in [0, 0.1) is 18.3 Å². The topological polar surface area (TPSA) is 21.6 Å². The van der Waals surface area contributed by atoms with Crippen molar-refractivity contribution in [3.8, 4) is 12.3 Å². The van der Waals surface area contributed by atoms with E-state index in [2.05, 4.69) is 17.2 Å². The van der Waals surface area contributed by atoms with Gasteiger partial charge < -0.3 is 4.74 Å². The molecule has 0 bridgehead atoms. The van der Waals surface area contributed by atoms with Gasteiger partial charge in [0.05, 0.1) is 0 Å². The van der Waals surface area contributed by atoms with Crippen molar-refractivity contribution in [1.29, 1.82) is 0 Å². The number of terminal acetylenes is 1. The van der Waals surface area contributed by atoms with E-state index in [-0.39, 0.29) is 6.10 Å². The molecule has 0 aliphatic heterocycles. The van der Waals surface area contributed by atoms with Gasteiger partial charge in [0.15, 0.2) is 0 Å². The summed E-state index contributed by atoms with van der Waals surface area (Å²) in [4.78, 5) is 1.06. The zero-order valence-electron chi connectivity index (χ0n) is 11.9. The van der Waals surface area contributed by atoms with Crippen LogP contribution >= 0.6 is 11.9 Å². The first kappa shape index (κ1) is 15.0. The minimum absolute atomic E-state index is 0.154. The largest absolute Gasteiger partial charge is 0.468 e. The molecule has 2 nitrogen and oxygen atoms in total. The molecule has 1 atom stereocenters. The maximum Gasteiger partial charge on any atom is 0.275 e. The second kappa shape index (κ2) is 8.01. The molecule has 2 rings (SSSR count). The first-order chi connectivity index (χ1) is 9.79. The van der Waals surface area contributed by atoms with Crippen LogP contribution in [-0.4, -0.2) is 12.0 Å². The molecule has 0 N–H and O–H groups in total. The highest BCUT2D eigenvalue weighted by Gasteiger charge is 2.22. The van der Waals surface area contributed by atoms with Crippen LogP contribution in [0.1, 0.15) is 39.0 Å². The summed E-state index contributed by atoms with van der Waals surface area (Å²) in [6, 6.07) is 9.97. The lowest BCUT2D eigenvalue weighted by molar-refractivity contribution is 0.115. The van der Waals surface area contributed by atoms with E-state index < -0.39 is 0 Å². The molecule has 1 fully saturated rings. The lowest BCUT2D eigenvalue weighted by Crippen LogP contribution is -2.25. The molecule has 1 aliphatic carbocycles. The molecule has 1 saturated carbocycles. The fourth-order valence-corrected chi connectivity index (χ4v) is 3.10. The van der Waals surface area contributed by atoms with Crippen molar-refractivity contribution >= 4 is 17.8 Å². The van der Waals surface area contributed by atoms with Crippen LogP contribution in [0.15, 0.2) is 39.6 Å². The number of hydrogen-bond acceptors (Lipinski definition) is 3. The van der Waals surface area contributed by atoms with Gasteiger partial charge >= 0.3 is 0 Å². The van der Waals surface area contributed by atoms with E-state index in [0.717, 1.165) is 4.90 Å². The predicted octanol–water partition coefficient (Wildman–Crippen LogP) is 4.71. The lowest BCUT2D eigenvalue weighted by atomic mass is 9.86. The average Bonchev–Trinajstić information content (AvgIpc) is 2.53. The minimum Gasteiger partial charge on any atom is -0.468 e. The molecular weight excluding hydrogens is 266 g/mol. The zero-order chi connectivity index (χ0) is 14.2. The van der Waals surface area contributed by atoms with Gasteiger partial charge in [0.1, 0.15) is 6.10 Å². The second-order valence-electron chi connectivity index (χ2n) is 5.17. The zero-order valence-corrected chi connectivity index (χ0v) is 12.7. The highest BCUT2D eigenvalue weighted by Crippen LogP contribution is 2.28. The Morgan fingerprint density at radius 2 is 2.00 bits per heavy atom. The van der Waals surface area contributed by atoms with Gasteiger partial charge in [0, 0.05) is 16.8 Å². The number of hydrogen-bond donors (Lipinski definition) is 0. The second-order valence-corrected chi connectivity index (χ2v) is 6.00. The van der Waals surface area contributed by atoms with E-state index in [1.54, 1.807) is 0 Å². The number of rotatable bonds is 4. The van der Waals surface area contributed by atoms with Crippen LogP contribution in [0.25, 0.3) is 0 Å². The van der Waals surface area contributed by atoms with E-state index in [1.165, 1.54) is 44.1 Å². The molecule has 1 aromatic rings. The molecule has 106 valence electrons. The Hall–Kier alpha value is -1.40. The van der Waals surface area contributed by atoms with Crippen LogP contribution < -0.4 is 0 Å². The summed E-state index contributed by atoms with van der Waals surface area (Å²) < 4.78 is 10.2. The van der Waals surface area contributed by atoms with E-state index in [0.29, 0.717) is 11.8 Å². The smallest absolute Gasteiger partial charge is 0.275 e. The summed E-state index contributed by atoms with van der Waals surface area (Å²) in [7, 11) is 0. The fraction of sp³-hybridized carbons (Fsp3) is 0.471. The molecule has 0 saturated heterocycles. The Balaban J connectivity index is 1.89. The van der Waals surface area contributed by atoms with Gasteiger partial charge in [-0.15, -0.1) is 6.42 Å². The molecule has 20 heavy (non-hydrogen) atoms. The van der Waals surface area contributed by atoms with Gasteiger partial charge in [-0.3, -0.25) is 0 Å². The molecule has 0 spiro atoms. The number of nitrogens with zero attached hydrogens (tertiary/aromatic N) is 1. The fourth-order valence-electron chi connectivity index (χ4n) is 2.53. The van der Waals surface area contributed by atoms with Crippen molar-refractivity contribution in [1.82, 2.24) is 0 Å². The third-order valence-electron chi connectivity index (χ3n) is 3.71. The lowest BCUT2D eigenvalue weighted by Gasteiger charge is -2.27. The standard InChI is InChI=1S/C17H21NOS/c1-3-17(18-20-16-12-8-5-9-13-16)19-14(2)15-10-6-4-7-11-15/h1,5,8-9,12-15H,4,6-7,10-11H2,2H3. The van der Waals surface area contributed by atoms with E-state index in [1.807, 2.05) is 30.3 Å². The molecule has 1 aliphatic rings. The summed E-state index contributed by atoms with van der Waals surface area (Å²) >= 11 is 1.36. The van der Waals surface area contributed by atoms with Gasteiger partial charge in [0.25, 0.3) is 5.90 Å². The maximum atomic E-state index is 5.85. The number of benzene rings is 1. The van der Waals surface area contributed by atoms with Crippen LogP contribution in [0.4, 0.5) is 0 Å². The van der Waals surface area contributed by atoms with Gasteiger partial charge in [-0.1, -0.05) is 37.5 Å². The highest BCUT2D eigenvalue weighted by molar-refractivity contribution is 7.98. The molecule has 0 radical (unpaired) electrons. The Labute approximate surface area is 126 Å².